The van der Waals surface area contributed by atoms with E-state index in [-0.39, 0.29) is 42.6 Å². The van der Waals surface area contributed by atoms with Crippen LogP contribution >= 0.6 is 0 Å². The molecule has 3 atom stereocenters. The molecule has 4 rings (SSSR count). The Labute approximate surface area is 279 Å². The van der Waals surface area contributed by atoms with Crippen molar-refractivity contribution < 1.29 is 34.2 Å². The summed E-state index contributed by atoms with van der Waals surface area (Å²) < 4.78 is 0. The minimum atomic E-state index is -1.05. The van der Waals surface area contributed by atoms with Crippen LogP contribution < -0.4 is 21.3 Å². The molecule has 3 unspecified atom stereocenters. The average Bonchev–Trinajstić information content (AvgIpc) is 3.63. The molecule has 254 valence electrons. The van der Waals surface area contributed by atoms with E-state index in [1.54, 1.807) is 29.2 Å². The molecule has 0 radical (unpaired) electrons. The van der Waals surface area contributed by atoms with Crippen LogP contribution in [-0.4, -0.2) is 82.4 Å². The molecule has 1 aliphatic heterocycles. The number of nitrogens with one attached hydrogen (secondary N) is 4. The van der Waals surface area contributed by atoms with E-state index < -0.39 is 42.4 Å². The highest BCUT2D eigenvalue weighted by Crippen LogP contribution is 2.15. The number of aryl methyl sites for hydroxylation is 1. The SMILES string of the molecule is CC(NC(=O)CCc1ccc(O)cc1)C(=O)NC(Cc1ccccc1)C(=O)NCC(=O)NC(Cc1ccc(O)cc1)C(=O)N1CCCC1. The van der Waals surface area contributed by atoms with Crippen molar-refractivity contribution in [2.24, 2.45) is 0 Å². The van der Waals surface area contributed by atoms with Crippen LogP contribution in [-0.2, 0) is 43.2 Å². The number of carbonyl (C=O) groups is 5. The summed E-state index contributed by atoms with van der Waals surface area (Å²) in [4.78, 5) is 67.0. The third kappa shape index (κ3) is 11.1. The zero-order chi connectivity index (χ0) is 34.5. The number of aromatic hydroxyl groups is 2. The van der Waals surface area contributed by atoms with Crippen molar-refractivity contribution in [3.05, 3.63) is 95.6 Å². The van der Waals surface area contributed by atoms with Crippen LogP contribution in [0.3, 0.4) is 0 Å². The van der Waals surface area contributed by atoms with Crippen molar-refractivity contribution in [1.82, 2.24) is 26.2 Å². The second kappa shape index (κ2) is 17.5. The van der Waals surface area contributed by atoms with Crippen LogP contribution in [0.25, 0.3) is 0 Å². The smallest absolute Gasteiger partial charge is 0.245 e. The topological polar surface area (TPSA) is 177 Å². The summed E-state index contributed by atoms with van der Waals surface area (Å²) in [5, 5.41) is 29.8. The van der Waals surface area contributed by atoms with Crippen molar-refractivity contribution in [1.29, 1.82) is 0 Å². The van der Waals surface area contributed by atoms with E-state index in [0.29, 0.717) is 19.5 Å². The maximum atomic E-state index is 13.4. The Kier molecular flexibility index (Phi) is 12.9. The number of hydrogen-bond donors (Lipinski definition) is 6. The molecule has 12 nitrogen and oxygen atoms in total. The minimum absolute atomic E-state index is 0.0902. The van der Waals surface area contributed by atoms with E-state index in [4.69, 9.17) is 0 Å². The lowest BCUT2D eigenvalue weighted by atomic mass is 10.0. The maximum Gasteiger partial charge on any atom is 0.245 e. The number of amides is 5. The fourth-order valence-corrected chi connectivity index (χ4v) is 5.42. The highest BCUT2D eigenvalue weighted by Gasteiger charge is 2.29. The number of likely N-dealkylation sites (tertiary alicyclic amines) is 1. The van der Waals surface area contributed by atoms with E-state index in [9.17, 15) is 34.2 Å². The van der Waals surface area contributed by atoms with Gasteiger partial charge in [0, 0.05) is 32.4 Å². The third-order valence-corrected chi connectivity index (χ3v) is 8.11. The molecule has 0 spiro atoms. The average molecular weight is 658 g/mol. The first-order chi connectivity index (χ1) is 23.1. The second-order valence-electron chi connectivity index (χ2n) is 11.9. The molecule has 3 aromatic carbocycles. The molecule has 1 heterocycles. The molecule has 1 fully saturated rings. The Morgan fingerprint density at radius 3 is 1.85 bits per heavy atom. The van der Waals surface area contributed by atoms with E-state index in [1.807, 2.05) is 30.3 Å². The number of hydrogen-bond acceptors (Lipinski definition) is 7. The largest absolute Gasteiger partial charge is 0.508 e. The molecule has 3 aromatic rings. The van der Waals surface area contributed by atoms with Gasteiger partial charge >= 0.3 is 0 Å². The van der Waals surface area contributed by atoms with E-state index in [1.165, 1.54) is 31.2 Å². The molecule has 0 bridgehead atoms. The molecule has 48 heavy (non-hydrogen) atoms. The predicted molar refractivity (Wildman–Crippen MR) is 179 cm³/mol. The Balaban J connectivity index is 1.34. The van der Waals surface area contributed by atoms with Crippen molar-refractivity contribution in [2.75, 3.05) is 19.6 Å². The van der Waals surface area contributed by atoms with Gasteiger partial charge in [-0.3, -0.25) is 24.0 Å². The number of nitrogens with zero attached hydrogens (tertiary/aromatic N) is 1. The summed E-state index contributed by atoms with van der Waals surface area (Å²) in [5.74, 6) is -2.09. The Morgan fingerprint density at radius 2 is 1.23 bits per heavy atom. The van der Waals surface area contributed by atoms with Crippen LogP contribution in [0.4, 0.5) is 0 Å². The molecule has 0 aromatic heterocycles. The highest BCUT2D eigenvalue weighted by atomic mass is 16.3. The number of benzene rings is 3. The molecular weight excluding hydrogens is 614 g/mol. The first kappa shape index (κ1) is 35.5. The summed E-state index contributed by atoms with van der Waals surface area (Å²) in [7, 11) is 0. The lowest BCUT2D eigenvalue weighted by Crippen LogP contribution is -2.55. The Bertz CT molecular complexity index is 1540. The number of phenolic OH excluding ortho intramolecular Hbond substituents is 2. The van der Waals surface area contributed by atoms with Gasteiger partial charge in [0.05, 0.1) is 6.54 Å². The van der Waals surface area contributed by atoms with Gasteiger partial charge in [-0.1, -0.05) is 54.6 Å². The molecule has 5 amide bonds. The lowest BCUT2D eigenvalue weighted by molar-refractivity contribution is -0.135. The fourth-order valence-electron chi connectivity index (χ4n) is 5.42. The van der Waals surface area contributed by atoms with Crippen LogP contribution in [0.15, 0.2) is 78.9 Å². The summed E-state index contributed by atoms with van der Waals surface area (Å²) in [5.41, 5.74) is 2.39. The molecule has 6 N–H and O–H groups in total. The van der Waals surface area contributed by atoms with Gasteiger partial charge in [0.25, 0.3) is 0 Å². The zero-order valence-electron chi connectivity index (χ0n) is 27.0. The minimum Gasteiger partial charge on any atom is -0.508 e. The standard InChI is InChI=1S/C36H43N5O7/c1-24(38-32(44)18-13-25-9-14-28(42)15-10-25)34(46)40-30(21-26-7-3-2-4-8-26)35(47)37-23-33(45)39-31(36(48)41-19-5-6-20-41)22-27-11-16-29(43)17-12-27/h2-4,7-12,14-17,24,30-31,42-43H,5-6,13,18-23H2,1H3,(H,37,47)(H,38,44)(H,39,45)(H,40,46). The molecule has 0 saturated carbocycles. The molecular formula is C36H43N5O7. The van der Waals surface area contributed by atoms with Gasteiger partial charge in [-0.05, 0) is 67.1 Å². The summed E-state index contributed by atoms with van der Waals surface area (Å²) >= 11 is 0. The van der Waals surface area contributed by atoms with Gasteiger partial charge in [0.15, 0.2) is 0 Å². The predicted octanol–water partition coefficient (Wildman–Crippen LogP) is 1.73. The van der Waals surface area contributed by atoms with Crippen LogP contribution in [0.5, 0.6) is 11.5 Å². The van der Waals surface area contributed by atoms with Crippen LogP contribution in [0.2, 0.25) is 0 Å². The highest BCUT2D eigenvalue weighted by molar-refractivity contribution is 5.94. The summed E-state index contributed by atoms with van der Waals surface area (Å²) in [6.07, 6.45) is 2.66. The van der Waals surface area contributed by atoms with Crippen molar-refractivity contribution in [2.45, 2.75) is 63.6 Å². The number of phenols is 2. The van der Waals surface area contributed by atoms with E-state index in [0.717, 1.165) is 29.5 Å². The van der Waals surface area contributed by atoms with Gasteiger partial charge in [0.2, 0.25) is 29.5 Å². The number of rotatable bonds is 15. The summed E-state index contributed by atoms with van der Waals surface area (Å²) in [6, 6.07) is 19.1. The van der Waals surface area contributed by atoms with Crippen molar-refractivity contribution in [3.63, 3.8) is 0 Å². The molecule has 0 aliphatic carbocycles. The third-order valence-electron chi connectivity index (χ3n) is 8.11. The second-order valence-corrected chi connectivity index (χ2v) is 11.9. The Hall–Kier alpha value is -5.39. The molecule has 1 aliphatic rings. The fraction of sp³-hybridized carbons (Fsp3) is 0.361. The van der Waals surface area contributed by atoms with Gasteiger partial charge in [-0.15, -0.1) is 0 Å². The van der Waals surface area contributed by atoms with Crippen molar-refractivity contribution >= 4 is 29.5 Å². The lowest BCUT2D eigenvalue weighted by Gasteiger charge is -2.25. The zero-order valence-corrected chi connectivity index (χ0v) is 27.0. The molecule has 12 heteroatoms. The molecule has 1 saturated heterocycles. The normalized spacial score (nSPS) is 14.3. The van der Waals surface area contributed by atoms with E-state index >= 15 is 0 Å². The summed E-state index contributed by atoms with van der Waals surface area (Å²) in [6.45, 7) is 2.30. The van der Waals surface area contributed by atoms with Crippen LogP contribution in [0.1, 0.15) is 42.9 Å². The van der Waals surface area contributed by atoms with Gasteiger partial charge in [0.1, 0.15) is 29.6 Å². The quantitative estimate of drug-likeness (QED) is 0.144. The first-order valence-corrected chi connectivity index (χ1v) is 16.1. The van der Waals surface area contributed by atoms with Gasteiger partial charge in [-0.2, -0.15) is 0 Å². The van der Waals surface area contributed by atoms with Gasteiger partial charge in [-0.25, -0.2) is 0 Å². The maximum absolute atomic E-state index is 13.4. The van der Waals surface area contributed by atoms with Crippen molar-refractivity contribution in [3.8, 4) is 11.5 Å². The first-order valence-electron chi connectivity index (χ1n) is 16.1. The van der Waals surface area contributed by atoms with E-state index in [2.05, 4.69) is 21.3 Å². The number of carbonyl (C=O) groups excluding carboxylic acids is 5. The van der Waals surface area contributed by atoms with Gasteiger partial charge < -0.3 is 36.4 Å². The monoisotopic (exact) mass is 657 g/mol. The Morgan fingerprint density at radius 1 is 0.667 bits per heavy atom. The van der Waals surface area contributed by atoms with Crippen LogP contribution in [0, 0.1) is 0 Å².